The summed E-state index contributed by atoms with van der Waals surface area (Å²) >= 11 is 0. The molecule has 1 aromatic carbocycles. The number of carbonyl (C=O) groups excluding carboxylic acids is 1. The van der Waals surface area contributed by atoms with Crippen LogP contribution in [0.2, 0.25) is 0 Å². The van der Waals surface area contributed by atoms with Gasteiger partial charge in [-0.1, -0.05) is 38.1 Å². The quantitative estimate of drug-likeness (QED) is 0.672. The first-order valence-corrected chi connectivity index (χ1v) is 9.33. The maximum atomic E-state index is 12.6. The molecule has 0 atom stereocenters. The Kier molecular flexibility index (Phi) is 5.99. The summed E-state index contributed by atoms with van der Waals surface area (Å²) in [6.45, 7) is 8.59. The molecule has 3 aromatic rings. The second kappa shape index (κ2) is 8.61. The van der Waals surface area contributed by atoms with Crippen LogP contribution in [-0.4, -0.2) is 20.9 Å². The molecule has 0 saturated carbocycles. The molecule has 0 aliphatic heterocycles. The van der Waals surface area contributed by atoms with Crippen LogP contribution in [0.3, 0.4) is 0 Å². The second-order valence-electron chi connectivity index (χ2n) is 7.08. The first-order valence-electron chi connectivity index (χ1n) is 9.33. The molecule has 6 heteroatoms. The summed E-state index contributed by atoms with van der Waals surface area (Å²) < 4.78 is 0. The maximum Gasteiger partial charge on any atom is 0.270 e. The summed E-state index contributed by atoms with van der Waals surface area (Å²) in [5.41, 5.74) is 5.28. The van der Waals surface area contributed by atoms with Gasteiger partial charge in [-0.05, 0) is 48.6 Å². The lowest BCUT2D eigenvalue weighted by Gasteiger charge is -2.17. The van der Waals surface area contributed by atoms with Crippen LogP contribution < -0.4 is 10.6 Å². The number of anilines is 2. The van der Waals surface area contributed by atoms with Gasteiger partial charge in [-0.2, -0.15) is 0 Å². The highest BCUT2D eigenvalue weighted by molar-refractivity contribution is 5.92. The number of para-hydroxylation sites is 1. The normalized spacial score (nSPS) is 10.8. The lowest BCUT2D eigenvalue weighted by molar-refractivity contribution is 0.0945. The van der Waals surface area contributed by atoms with Crippen molar-refractivity contribution in [1.82, 2.24) is 20.3 Å². The van der Waals surface area contributed by atoms with Crippen LogP contribution in [0, 0.1) is 13.8 Å². The van der Waals surface area contributed by atoms with Gasteiger partial charge in [0.1, 0.15) is 5.69 Å². The molecular formula is C22H25N5O. The van der Waals surface area contributed by atoms with E-state index in [0.717, 1.165) is 22.5 Å². The number of amides is 1. The number of aromatic nitrogens is 3. The first-order chi connectivity index (χ1) is 13.4. The van der Waals surface area contributed by atoms with E-state index >= 15 is 0 Å². The number of nitrogens with zero attached hydrogens (tertiary/aromatic N) is 3. The van der Waals surface area contributed by atoms with E-state index in [2.05, 4.69) is 45.5 Å². The van der Waals surface area contributed by atoms with Gasteiger partial charge in [0, 0.05) is 30.3 Å². The average Bonchev–Trinajstić information content (AvgIpc) is 2.68. The van der Waals surface area contributed by atoms with Gasteiger partial charge in [0.15, 0.2) is 0 Å². The van der Waals surface area contributed by atoms with Gasteiger partial charge in [-0.15, -0.1) is 0 Å². The number of pyridine rings is 1. The van der Waals surface area contributed by atoms with Crippen LogP contribution >= 0.6 is 0 Å². The van der Waals surface area contributed by atoms with E-state index in [1.54, 1.807) is 18.5 Å². The van der Waals surface area contributed by atoms with Crippen molar-refractivity contribution in [3.63, 3.8) is 0 Å². The Morgan fingerprint density at radius 1 is 1.11 bits per heavy atom. The molecule has 0 spiro atoms. The molecule has 3 rings (SSSR count). The molecule has 0 bridgehead atoms. The zero-order valence-corrected chi connectivity index (χ0v) is 16.7. The number of hydrogen-bond acceptors (Lipinski definition) is 5. The molecule has 2 aromatic heterocycles. The Labute approximate surface area is 165 Å². The number of rotatable bonds is 6. The summed E-state index contributed by atoms with van der Waals surface area (Å²) in [5.74, 6) is 0.531. The summed E-state index contributed by atoms with van der Waals surface area (Å²) in [6.07, 6.45) is 3.43. The van der Waals surface area contributed by atoms with E-state index in [-0.39, 0.29) is 5.91 Å². The second-order valence-corrected chi connectivity index (χ2v) is 7.08. The van der Waals surface area contributed by atoms with Crippen LogP contribution in [0.15, 0.2) is 48.8 Å². The lowest BCUT2D eigenvalue weighted by atomic mass is 9.98. The molecule has 6 nitrogen and oxygen atoms in total. The Hall–Kier alpha value is -3.28. The highest BCUT2D eigenvalue weighted by atomic mass is 16.1. The predicted molar refractivity (Wildman–Crippen MR) is 111 cm³/mol. The molecule has 1 amide bonds. The molecule has 0 aliphatic carbocycles. The fraction of sp³-hybridized carbons (Fsp3) is 0.273. The van der Waals surface area contributed by atoms with E-state index < -0.39 is 0 Å². The summed E-state index contributed by atoms with van der Waals surface area (Å²) in [4.78, 5) is 25.5. The van der Waals surface area contributed by atoms with Gasteiger partial charge in [-0.3, -0.25) is 9.78 Å². The molecule has 0 unspecified atom stereocenters. The molecule has 28 heavy (non-hydrogen) atoms. The third kappa shape index (κ3) is 4.71. The van der Waals surface area contributed by atoms with Crippen LogP contribution in [-0.2, 0) is 6.54 Å². The summed E-state index contributed by atoms with van der Waals surface area (Å²) in [6, 6.07) is 11.6. The number of benzene rings is 1. The van der Waals surface area contributed by atoms with Gasteiger partial charge in [0.25, 0.3) is 5.91 Å². The SMILES string of the molecule is Cc1cc(C(=O)NCc2cccnc2)nc(Nc2c(C)cccc2C(C)C)n1. The van der Waals surface area contributed by atoms with Gasteiger partial charge in [0.2, 0.25) is 5.95 Å². The highest BCUT2D eigenvalue weighted by Gasteiger charge is 2.14. The Morgan fingerprint density at radius 2 is 1.93 bits per heavy atom. The van der Waals surface area contributed by atoms with Crippen LogP contribution in [0.1, 0.15) is 52.6 Å². The van der Waals surface area contributed by atoms with Gasteiger partial charge >= 0.3 is 0 Å². The zero-order chi connectivity index (χ0) is 20.1. The zero-order valence-electron chi connectivity index (χ0n) is 16.7. The minimum atomic E-state index is -0.244. The predicted octanol–water partition coefficient (Wildman–Crippen LogP) is 4.29. The fourth-order valence-electron chi connectivity index (χ4n) is 2.97. The number of hydrogen-bond donors (Lipinski definition) is 2. The van der Waals surface area contributed by atoms with Crippen molar-refractivity contribution >= 4 is 17.5 Å². The van der Waals surface area contributed by atoms with Crippen molar-refractivity contribution in [2.24, 2.45) is 0 Å². The van der Waals surface area contributed by atoms with Crippen molar-refractivity contribution < 1.29 is 4.79 Å². The van der Waals surface area contributed by atoms with Crippen molar-refractivity contribution in [2.45, 2.75) is 40.2 Å². The average molecular weight is 375 g/mol. The van der Waals surface area contributed by atoms with Crippen LogP contribution in [0.25, 0.3) is 0 Å². The monoisotopic (exact) mass is 375 g/mol. The molecule has 0 aliphatic rings. The smallest absolute Gasteiger partial charge is 0.270 e. The van der Waals surface area contributed by atoms with E-state index in [1.165, 1.54) is 5.56 Å². The number of aryl methyl sites for hydroxylation is 2. The van der Waals surface area contributed by atoms with E-state index in [4.69, 9.17) is 0 Å². The molecule has 0 radical (unpaired) electrons. The standard InChI is InChI=1S/C22H25N5O/c1-14(2)18-9-5-7-15(3)20(18)27-22-25-16(4)11-19(26-22)21(28)24-13-17-8-6-10-23-12-17/h5-12,14H,13H2,1-4H3,(H,24,28)(H,25,26,27). The van der Waals surface area contributed by atoms with Crippen molar-refractivity contribution in [2.75, 3.05) is 5.32 Å². The van der Waals surface area contributed by atoms with E-state index in [9.17, 15) is 4.79 Å². The maximum absolute atomic E-state index is 12.6. The molecule has 0 saturated heterocycles. The third-order valence-corrected chi connectivity index (χ3v) is 4.43. The molecular weight excluding hydrogens is 350 g/mol. The third-order valence-electron chi connectivity index (χ3n) is 4.43. The van der Waals surface area contributed by atoms with Crippen LogP contribution in [0.5, 0.6) is 0 Å². The lowest BCUT2D eigenvalue weighted by Crippen LogP contribution is -2.24. The van der Waals surface area contributed by atoms with Crippen molar-refractivity contribution in [3.8, 4) is 0 Å². The number of nitrogens with one attached hydrogen (secondary N) is 2. The Morgan fingerprint density at radius 3 is 2.64 bits per heavy atom. The Bertz CT molecular complexity index is 970. The molecule has 144 valence electrons. The largest absolute Gasteiger partial charge is 0.347 e. The van der Waals surface area contributed by atoms with Gasteiger partial charge < -0.3 is 10.6 Å². The number of carbonyl (C=O) groups is 1. The van der Waals surface area contributed by atoms with Crippen LogP contribution in [0.4, 0.5) is 11.6 Å². The van der Waals surface area contributed by atoms with Gasteiger partial charge in [-0.25, -0.2) is 9.97 Å². The van der Waals surface area contributed by atoms with Crippen molar-refractivity contribution in [3.05, 3.63) is 76.9 Å². The summed E-state index contributed by atoms with van der Waals surface area (Å²) in [7, 11) is 0. The van der Waals surface area contributed by atoms with Gasteiger partial charge in [0.05, 0.1) is 0 Å². The molecule has 0 fully saturated rings. The summed E-state index contributed by atoms with van der Waals surface area (Å²) in [5, 5.41) is 6.20. The fourth-order valence-corrected chi connectivity index (χ4v) is 2.97. The van der Waals surface area contributed by atoms with E-state index in [1.807, 2.05) is 38.1 Å². The van der Waals surface area contributed by atoms with Crippen molar-refractivity contribution in [1.29, 1.82) is 0 Å². The highest BCUT2D eigenvalue weighted by Crippen LogP contribution is 2.29. The Balaban J connectivity index is 1.81. The minimum absolute atomic E-state index is 0.244. The molecule has 2 heterocycles. The minimum Gasteiger partial charge on any atom is -0.347 e. The molecule has 2 N–H and O–H groups in total. The topological polar surface area (TPSA) is 79.8 Å². The first kappa shape index (κ1) is 19.5. The van der Waals surface area contributed by atoms with E-state index in [0.29, 0.717) is 24.1 Å².